The van der Waals surface area contributed by atoms with Gasteiger partial charge in [-0.2, -0.15) is 0 Å². The minimum atomic E-state index is -0.0398. The van der Waals surface area contributed by atoms with Crippen LogP contribution in [0.4, 0.5) is 0 Å². The molecule has 7 heteroatoms. The molecule has 0 bridgehead atoms. The Morgan fingerprint density at radius 2 is 1.85 bits per heavy atom. The number of para-hydroxylation sites is 2. The van der Waals surface area contributed by atoms with Crippen LogP contribution in [-0.2, 0) is 6.54 Å². The fourth-order valence-corrected chi connectivity index (χ4v) is 4.35. The van der Waals surface area contributed by atoms with Gasteiger partial charge in [0.05, 0.1) is 17.6 Å². The van der Waals surface area contributed by atoms with Gasteiger partial charge in [-0.3, -0.25) is 13.8 Å². The average molecular weight is 381 g/mol. The molecule has 0 N–H and O–H groups in total. The van der Waals surface area contributed by atoms with Crippen molar-refractivity contribution in [3.8, 4) is 0 Å². The van der Waals surface area contributed by atoms with E-state index in [0.29, 0.717) is 27.7 Å². The molecule has 3 heterocycles. The highest BCUT2D eigenvalue weighted by atomic mass is 35.5. The van der Waals surface area contributed by atoms with E-state index in [1.807, 2.05) is 59.9 Å². The van der Waals surface area contributed by atoms with Crippen LogP contribution in [0.2, 0.25) is 5.02 Å². The smallest absolute Gasteiger partial charge is 0.273 e. The molecular weight excluding hydrogens is 368 g/mol. The first-order valence-corrected chi connectivity index (χ1v) is 9.33. The molecule has 26 heavy (non-hydrogen) atoms. The third-order valence-electron chi connectivity index (χ3n) is 4.49. The zero-order valence-corrected chi connectivity index (χ0v) is 15.4. The van der Waals surface area contributed by atoms with Gasteiger partial charge in [0, 0.05) is 5.02 Å². The molecule has 3 aromatic heterocycles. The Bertz CT molecular complexity index is 1350. The van der Waals surface area contributed by atoms with Crippen LogP contribution in [0.25, 0.3) is 26.3 Å². The van der Waals surface area contributed by atoms with Gasteiger partial charge in [0.1, 0.15) is 10.5 Å². The highest BCUT2D eigenvalue weighted by Gasteiger charge is 2.17. The van der Waals surface area contributed by atoms with Crippen LogP contribution in [0, 0.1) is 6.92 Å². The van der Waals surface area contributed by atoms with Crippen molar-refractivity contribution >= 4 is 49.3 Å². The van der Waals surface area contributed by atoms with Crippen molar-refractivity contribution in [1.82, 2.24) is 18.9 Å². The maximum Gasteiger partial charge on any atom is 0.273 e. The predicted octanol–water partition coefficient (Wildman–Crippen LogP) is 4.27. The fraction of sp³-hybridized carbons (Fsp3) is 0.105. The first kappa shape index (κ1) is 15.5. The van der Waals surface area contributed by atoms with Gasteiger partial charge in [0.2, 0.25) is 0 Å². The van der Waals surface area contributed by atoms with E-state index in [1.165, 1.54) is 11.3 Å². The number of hydrogen-bond acceptors (Lipinski definition) is 4. The third kappa shape index (κ3) is 2.26. The van der Waals surface area contributed by atoms with E-state index in [2.05, 4.69) is 4.98 Å². The fourth-order valence-electron chi connectivity index (χ4n) is 3.20. The first-order valence-electron chi connectivity index (χ1n) is 8.13. The normalized spacial score (nSPS) is 11.8. The summed E-state index contributed by atoms with van der Waals surface area (Å²) in [5.74, 6) is 0.676. The molecule has 0 aliphatic rings. The Hall–Kier alpha value is -2.70. The van der Waals surface area contributed by atoms with Gasteiger partial charge in [-0.1, -0.05) is 47.2 Å². The number of fused-ring (bicyclic) bond motifs is 5. The van der Waals surface area contributed by atoms with E-state index in [-0.39, 0.29) is 5.56 Å². The molecule has 0 unspecified atom stereocenters. The van der Waals surface area contributed by atoms with Crippen LogP contribution in [0.3, 0.4) is 0 Å². The molecule has 0 spiro atoms. The summed E-state index contributed by atoms with van der Waals surface area (Å²) in [5, 5.41) is 0.678. The second-order valence-corrected chi connectivity index (χ2v) is 7.56. The summed E-state index contributed by atoms with van der Waals surface area (Å²) in [5.41, 5.74) is 3.52. The Kier molecular flexibility index (Phi) is 3.38. The van der Waals surface area contributed by atoms with Crippen molar-refractivity contribution in [3.05, 3.63) is 75.3 Å². The number of benzene rings is 2. The second-order valence-electron chi connectivity index (χ2n) is 6.15. The topological polar surface area (TPSA) is 52.2 Å². The molecule has 0 aliphatic carbocycles. The van der Waals surface area contributed by atoms with Crippen molar-refractivity contribution in [2.24, 2.45) is 0 Å². The third-order valence-corrected chi connectivity index (χ3v) is 5.76. The summed E-state index contributed by atoms with van der Waals surface area (Å²) in [7, 11) is 0. The van der Waals surface area contributed by atoms with Gasteiger partial charge < -0.3 is 0 Å². The minimum absolute atomic E-state index is 0.0398. The summed E-state index contributed by atoms with van der Waals surface area (Å²) >= 11 is 7.33. The lowest BCUT2D eigenvalue weighted by atomic mass is 10.2. The Morgan fingerprint density at radius 1 is 1.08 bits per heavy atom. The van der Waals surface area contributed by atoms with Gasteiger partial charge in [-0.15, -0.1) is 0 Å². The summed E-state index contributed by atoms with van der Waals surface area (Å²) in [6, 6.07) is 15.4. The van der Waals surface area contributed by atoms with Crippen molar-refractivity contribution in [3.63, 3.8) is 0 Å². The highest BCUT2D eigenvalue weighted by molar-refractivity contribution is 7.23. The van der Waals surface area contributed by atoms with Gasteiger partial charge >= 0.3 is 0 Å². The highest BCUT2D eigenvalue weighted by Crippen LogP contribution is 2.27. The lowest BCUT2D eigenvalue weighted by Crippen LogP contribution is -2.24. The SMILES string of the molecule is Cc1nc2c(sc3nc4ccccc4n32)c(=O)n1Cc1ccc(Cl)cc1. The Morgan fingerprint density at radius 3 is 2.65 bits per heavy atom. The van der Waals surface area contributed by atoms with Crippen molar-refractivity contribution in [1.29, 1.82) is 0 Å². The maximum absolute atomic E-state index is 13.1. The zero-order valence-electron chi connectivity index (χ0n) is 13.8. The van der Waals surface area contributed by atoms with Crippen LogP contribution < -0.4 is 5.56 Å². The number of imidazole rings is 1. The summed E-state index contributed by atoms with van der Waals surface area (Å²) in [4.78, 5) is 23.2. The second kappa shape index (κ2) is 5.65. The van der Waals surface area contributed by atoms with Crippen LogP contribution >= 0.6 is 22.9 Å². The van der Waals surface area contributed by atoms with Crippen molar-refractivity contribution in [2.45, 2.75) is 13.5 Å². The molecular formula is C19H13ClN4OS. The van der Waals surface area contributed by atoms with Crippen LogP contribution in [0.5, 0.6) is 0 Å². The van der Waals surface area contributed by atoms with Gasteiger partial charge in [0.15, 0.2) is 10.6 Å². The van der Waals surface area contributed by atoms with Gasteiger partial charge in [-0.25, -0.2) is 9.97 Å². The standard InChI is InChI=1S/C19H13ClN4OS/c1-11-21-17-16(18(25)23(11)10-12-6-8-13(20)9-7-12)26-19-22-14-4-2-3-5-15(14)24(17)19/h2-9H,10H2,1H3. The molecule has 0 saturated carbocycles. The summed E-state index contributed by atoms with van der Waals surface area (Å²) in [6.45, 7) is 2.32. The Labute approximate surface area is 157 Å². The molecule has 5 aromatic rings. The predicted molar refractivity (Wildman–Crippen MR) is 105 cm³/mol. The van der Waals surface area contributed by atoms with Gasteiger partial charge in [0.25, 0.3) is 5.56 Å². The van der Waals surface area contributed by atoms with Crippen LogP contribution in [0.15, 0.2) is 53.3 Å². The number of hydrogen-bond donors (Lipinski definition) is 0. The molecule has 2 aromatic carbocycles. The van der Waals surface area contributed by atoms with E-state index in [9.17, 15) is 4.79 Å². The molecule has 0 fully saturated rings. The molecule has 5 nitrogen and oxygen atoms in total. The molecule has 5 rings (SSSR count). The van der Waals surface area contributed by atoms with Gasteiger partial charge in [-0.05, 0) is 36.8 Å². The quantitative estimate of drug-likeness (QED) is 0.459. The number of aryl methyl sites for hydroxylation is 1. The average Bonchev–Trinajstić information content (AvgIpc) is 3.17. The molecule has 0 amide bonds. The number of aromatic nitrogens is 4. The Balaban J connectivity index is 1.75. The summed E-state index contributed by atoms with van der Waals surface area (Å²) in [6.07, 6.45) is 0. The van der Waals surface area contributed by atoms with E-state index >= 15 is 0 Å². The van der Waals surface area contributed by atoms with E-state index in [1.54, 1.807) is 4.57 Å². The summed E-state index contributed by atoms with van der Waals surface area (Å²) < 4.78 is 4.29. The van der Waals surface area contributed by atoms with Crippen LogP contribution in [-0.4, -0.2) is 18.9 Å². The van der Waals surface area contributed by atoms with E-state index in [4.69, 9.17) is 16.6 Å². The van der Waals surface area contributed by atoms with Crippen molar-refractivity contribution < 1.29 is 0 Å². The molecule has 0 radical (unpaired) electrons. The molecule has 0 atom stereocenters. The monoisotopic (exact) mass is 380 g/mol. The molecule has 0 saturated heterocycles. The number of rotatable bonds is 2. The number of nitrogens with zero attached hydrogens (tertiary/aromatic N) is 4. The van der Waals surface area contributed by atoms with Crippen LogP contribution in [0.1, 0.15) is 11.4 Å². The number of thiazole rings is 1. The van der Waals surface area contributed by atoms with Crippen molar-refractivity contribution in [2.75, 3.05) is 0 Å². The lowest BCUT2D eigenvalue weighted by Gasteiger charge is -2.09. The first-order chi connectivity index (χ1) is 12.6. The number of halogens is 1. The van der Waals surface area contributed by atoms with E-state index < -0.39 is 0 Å². The zero-order chi connectivity index (χ0) is 17.8. The minimum Gasteiger partial charge on any atom is -0.291 e. The van der Waals surface area contributed by atoms with E-state index in [0.717, 1.165) is 21.6 Å². The molecule has 128 valence electrons. The largest absolute Gasteiger partial charge is 0.291 e. The lowest BCUT2D eigenvalue weighted by molar-refractivity contribution is 0.712. The molecule has 0 aliphatic heterocycles. The maximum atomic E-state index is 13.1.